The largest absolute Gasteiger partial charge is 0.391 e. The van der Waals surface area contributed by atoms with Crippen LogP contribution in [-0.4, -0.2) is 26.0 Å². The standard InChI is InChI=1S/C19H20ClN3O/c20-17-9-6-15(7-10-17)8-11-18(16-4-2-1-3-5-16)19(24)12-23-14-21-13-22-23/h1-7,9-10,13-14,18-19,24H,8,11-12H2. The molecule has 2 aromatic carbocycles. The number of halogens is 1. The van der Waals surface area contributed by atoms with E-state index in [4.69, 9.17) is 11.6 Å². The molecular weight excluding hydrogens is 322 g/mol. The molecule has 0 amide bonds. The van der Waals surface area contributed by atoms with Crippen molar-refractivity contribution in [3.8, 4) is 0 Å². The average molecular weight is 342 g/mol. The van der Waals surface area contributed by atoms with Crippen LogP contribution < -0.4 is 0 Å². The third-order valence-corrected chi connectivity index (χ3v) is 4.44. The first kappa shape index (κ1) is 16.7. The van der Waals surface area contributed by atoms with Gasteiger partial charge in [-0.1, -0.05) is 54.1 Å². The summed E-state index contributed by atoms with van der Waals surface area (Å²) in [5.74, 6) is 0.0334. The van der Waals surface area contributed by atoms with Gasteiger partial charge in [-0.05, 0) is 36.1 Å². The quantitative estimate of drug-likeness (QED) is 0.712. The van der Waals surface area contributed by atoms with Crippen LogP contribution in [0.25, 0.3) is 0 Å². The summed E-state index contributed by atoms with van der Waals surface area (Å²) >= 11 is 5.94. The zero-order valence-corrected chi connectivity index (χ0v) is 14.0. The predicted octanol–water partition coefficient (Wildman–Crippen LogP) is 3.71. The highest BCUT2D eigenvalue weighted by Crippen LogP contribution is 2.26. The number of aliphatic hydroxyl groups excluding tert-OH is 1. The summed E-state index contributed by atoms with van der Waals surface area (Å²) in [6, 6.07) is 18.0. The van der Waals surface area contributed by atoms with Crippen molar-refractivity contribution >= 4 is 11.6 Å². The van der Waals surface area contributed by atoms with E-state index in [0.717, 1.165) is 23.4 Å². The SMILES string of the molecule is OC(Cn1cncn1)C(CCc1ccc(Cl)cc1)c1ccccc1. The Bertz CT molecular complexity index is 729. The highest BCUT2D eigenvalue weighted by molar-refractivity contribution is 6.30. The Morgan fingerprint density at radius 3 is 2.46 bits per heavy atom. The highest BCUT2D eigenvalue weighted by Gasteiger charge is 2.21. The van der Waals surface area contributed by atoms with Gasteiger partial charge in [-0.2, -0.15) is 5.10 Å². The monoisotopic (exact) mass is 341 g/mol. The Balaban J connectivity index is 1.73. The van der Waals surface area contributed by atoms with E-state index in [1.165, 1.54) is 11.9 Å². The highest BCUT2D eigenvalue weighted by atomic mass is 35.5. The van der Waals surface area contributed by atoms with E-state index in [-0.39, 0.29) is 5.92 Å². The van der Waals surface area contributed by atoms with Gasteiger partial charge in [-0.25, -0.2) is 4.98 Å². The Labute approximate surface area is 146 Å². The van der Waals surface area contributed by atoms with E-state index in [1.54, 1.807) is 11.0 Å². The van der Waals surface area contributed by atoms with E-state index < -0.39 is 6.10 Å². The summed E-state index contributed by atoms with van der Waals surface area (Å²) in [6.07, 6.45) is 4.32. The van der Waals surface area contributed by atoms with E-state index in [9.17, 15) is 5.11 Å². The van der Waals surface area contributed by atoms with Crippen molar-refractivity contribution in [1.82, 2.24) is 14.8 Å². The normalized spacial score (nSPS) is 13.6. The zero-order chi connectivity index (χ0) is 16.8. The molecule has 0 aliphatic carbocycles. The van der Waals surface area contributed by atoms with Crippen LogP contribution in [0.15, 0.2) is 67.3 Å². The number of benzene rings is 2. The first-order valence-electron chi connectivity index (χ1n) is 8.02. The van der Waals surface area contributed by atoms with Crippen molar-refractivity contribution in [1.29, 1.82) is 0 Å². The fourth-order valence-electron chi connectivity index (χ4n) is 2.90. The topological polar surface area (TPSA) is 50.9 Å². The molecule has 0 bridgehead atoms. The van der Waals surface area contributed by atoms with Crippen molar-refractivity contribution in [2.75, 3.05) is 0 Å². The van der Waals surface area contributed by atoms with Gasteiger partial charge in [-0.3, -0.25) is 4.68 Å². The van der Waals surface area contributed by atoms with Crippen molar-refractivity contribution in [3.63, 3.8) is 0 Å². The fraction of sp³-hybridized carbons (Fsp3) is 0.263. The molecule has 4 nitrogen and oxygen atoms in total. The molecule has 0 radical (unpaired) electrons. The number of aryl methyl sites for hydroxylation is 1. The Kier molecular flexibility index (Phi) is 5.62. The zero-order valence-electron chi connectivity index (χ0n) is 13.3. The number of aromatic nitrogens is 3. The van der Waals surface area contributed by atoms with Gasteiger partial charge in [0.1, 0.15) is 12.7 Å². The van der Waals surface area contributed by atoms with Crippen LogP contribution in [0, 0.1) is 0 Å². The molecule has 2 atom stereocenters. The van der Waals surface area contributed by atoms with Crippen LogP contribution in [-0.2, 0) is 13.0 Å². The van der Waals surface area contributed by atoms with Gasteiger partial charge in [-0.15, -0.1) is 0 Å². The van der Waals surface area contributed by atoms with Gasteiger partial charge in [0.05, 0.1) is 12.6 Å². The number of rotatable bonds is 7. The van der Waals surface area contributed by atoms with Crippen LogP contribution in [0.2, 0.25) is 5.02 Å². The Hall–Kier alpha value is -2.17. The molecule has 5 heteroatoms. The van der Waals surface area contributed by atoms with Gasteiger partial charge in [0.25, 0.3) is 0 Å². The summed E-state index contributed by atoms with van der Waals surface area (Å²) in [7, 11) is 0. The average Bonchev–Trinajstić information content (AvgIpc) is 3.11. The molecule has 24 heavy (non-hydrogen) atoms. The van der Waals surface area contributed by atoms with Crippen LogP contribution >= 0.6 is 11.6 Å². The molecule has 3 aromatic rings. The number of aliphatic hydroxyl groups is 1. The van der Waals surface area contributed by atoms with Gasteiger partial charge in [0, 0.05) is 10.9 Å². The third-order valence-electron chi connectivity index (χ3n) is 4.19. The molecule has 0 saturated carbocycles. The second-order valence-electron chi connectivity index (χ2n) is 5.87. The van der Waals surface area contributed by atoms with Crippen molar-refractivity contribution in [2.24, 2.45) is 0 Å². The lowest BCUT2D eigenvalue weighted by atomic mass is 9.87. The molecule has 0 saturated heterocycles. The molecule has 2 unspecified atom stereocenters. The van der Waals surface area contributed by atoms with E-state index >= 15 is 0 Å². The van der Waals surface area contributed by atoms with E-state index in [0.29, 0.717) is 6.54 Å². The fourth-order valence-corrected chi connectivity index (χ4v) is 3.03. The number of hydrogen-bond acceptors (Lipinski definition) is 3. The van der Waals surface area contributed by atoms with Crippen LogP contribution in [0.1, 0.15) is 23.5 Å². The second kappa shape index (κ2) is 8.08. The number of nitrogens with zero attached hydrogens (tertiary/aromatic N) is 3. The molecule has 0 fully saturated rings. The number of hydrogen-bond donors (Lipinski definition) is 1. The van der Waals surface area contributed by atoms with Gasteiger partial charge in [0.2, 0.25) is 0 Å². The molecule has 3 rings (SSSR count). The summed E-state index contributed by atoms with van der Waals surface area (Å²) < 4.78 is 1.67. The molecule has 1 aromatic heterocycles. The van der Waals surface area contributed by atoms with Crippen LogP contribution in [0.4, 0.5) is 0 Å². The Morgan fingerprint density at radius 1 is 1.04 bits per heavy atom. The minimum absolute atomic E-state index is 0.0334. The van der Waals surface area contributed by atoms with Crippen molar-refractivity contribution in [3.05, 3.63) is 83.4 Å². The van der Waals surface area contributed by atoms with Gasteiger partial charge >= 0.3 is 0 Å². The maximum atomic E-state index is 10.7. The minimum atomic E-state index is -0.526. The molecule has 1 heterocycles. The predicted molar refractivity (Wildman–Crippen MR) is 95.0 cm³/mol. The van der Waals surface area contributed by atoms with Crippen molar-refractivity contribution < 1.29 is 5.11 Å². The third kappa shape index (κ3) is 4.43. The minimum Gasteiger partial charge on any atom is -0.391 e. The molecule has 124 valence electrons. The summed E-state index contributed by atoms with van der Waals surface area (Å²) in [4.78, 5) is 3.94. The summed E-state index contributed by atoms with van der Waals surface area (Å²) in [6.45, 7) is 0.431. The van der Waals surface area contributed by atoms with Gasteiger partial charge < -0.3 is 5.11 Å². The summed E-state index contributed by atoms with van der Waals surface area (Å²) in [5.41, 5.74) is 2.35. The van der Waals surface area contributed by atoms with Crippen LogP contribution in [0.3, 0.4) is 0 Å². The van der Waals surface area contributed by atoms with Crippen LogP contribution in [0.5, 0.6) is 0 Å². The molecule has 0 spiro atoms. The maximum absolute atomic E-state index is 10.7. The first-order chi connectivity index (χ1) is 11.7. The van der Waals surface area contributed by atoms with Crippen molar-refractivity contribution in [2.45, 2.75) is 31.4 Å². The lowest BCUT2D eigenvalue weighted by Crippen LogP contribution is -2.25. The lowest BCUT2D eigenvalue weighted by molar-refractivity contribution is 0.115. The van der Waals surface area contributed by atoms with E-state index in [2.05, 4.69) is 22.2 Å². The Morgan fingerprint density at radius 2 is 1.79 bits per heavy atom. The smallest absolute Gasteiger partial charge is 0.137 e. The van der Waals surface area contributed by atoms with Gasteiger partial charge in [0.15, 0.2) is 0 Å². The lowest BCUT2D eigenvalue weighted by Gasteiger charge is -2.23. The molecule has 0 aliphatic rings. The first-order valence-corrected chi connectivity index (χ1v) is 8.40. The second-order valence-corrected chi connectivity index (χ2v) is 6.30. The maximum Gasteiger partial charge on any atom is 0.137 e. The molecule has 0 aliphatic heterocycles. The molecule has 1 N–H and O–H groups in total. The molecular formula is C19H20ClN3O. The summed E-state index contributed by atoms with van der Waals surface area (Å²) in [5, 5.41) is 15.6. The van der Waals surface area contributed by atoms with E-state index in [1.807, 2.05) is 42.5 Å².